The molecule has 3 aliphatic carbocycles. The Labute approximate surface area is 306 Å². The zero-order valence-corrected chi connectivity index (χ0v) is 30.8. The van der Waals surface area contributed by atoms with Gasteiger partial charge in [0.15, 0.2) is 5.78 Å². The Morgan fingerprint density at radius 3 is 2.51 bits per heavy atom. The summed E-state index contributed by atoms with van der Waals surface area (Å²) in [5.74, 6) is 0.436. The van der Waals surface area contributed by atoms with Gasteiger partial charge in [0.05, 0.1) is 25.4 Å². The molecule has 1 saturated carbocycles. The summed E-state index contributed by atoms with van der Waals surface area (Å²) in [5.41, 5.74) is 3.01. The molecule has 7 rings (SSSR count). The molecule has 3 N–H and O–H groups in total. The van der Waals surface area contributed by atoms with E-state index in [1.165, 1.54) is 10.5 Å². The Morgan fingerprint density at radius 2 is 1.78 bits per heavy atom. The first-order valence-electron chi connectivity index (χ1n) is 18.1. The molecular weight excluding hydrogens is 657 g/mol. The molecule has 51 heavy (non-hydrogen) atoms. The number of amides is 2. The number of hydrogen-bond acceptors (Lipinski definition) is 6. The molecule has 4 unspecified atom stereocenters. The number of fused-ring (bicyclic) bond motifs is 8. The van der Waals surface area contributed by atoms with Crippen molar-refractivity contribution in [3.8, 4) is 5.75 Å². The van der Waals surface area contributed by atoms with Crippen molar-refractivity contribution >= 4 is 28.8 Å². The number of nitrogens with one attached hydrogen (secondary N) is 1. The number of ketones is 1. The fourth-order valence-corrected chi connectivity index (χ4v) is 8.78. The third-order valence-corrected chi connectivity index (χ3v) is 12.2. The van der Waals surface area contributed by atoms with Crippen LogP contribution in [0.3, 0.4) is 0 Å². The van der Waals surface area contributed by atoms with Crippen LogP contribution in [-0.2, 0) is 12.8 Å². The number of urea groups is 1. The predicted molar refractivity (Wildman–Crippen MR) is 205 cm³/mol. The van der Waals surface area contributed by atoms with Gasteiger partial charge < -0.3 is 25.2 Å². The minimum absolute atomic E-state index is 0.0931. The Bertz CT molecular complexity index is 1820. The second-order valence-electron chi connectivity index (χ2n) is 14.6. The number of aliphatic hydroxyl groups excluding tert-OH is 1. The van der Waals surface area contributed by atoms with Gasteiger partial charge >= 0.3 is 6.03 Å². The maximum absolute atomic E-state index is 14.4. The van der Waals surface area contributed by atoms with Crippen molar-refractivity contribution in [3.05, 3.63) is 129 Å². The van der Waals surface area contributed by atoms with Crippen LogP contribution >= 0.6 is 11.3 Å². The van der Waals surface area contributed by atoms with Gasteiger partial charge in [-0.3, -0.25) is 4.79 Å². The molecule has 2 amide bonds. The number of nitrogens with zero attached hydrogens (tertiary/aromatic N) is 1. The lowest BCUT2D eigenvalue weighted by molar-refractivity contribution is -0.0762. The summed E-state index contributed by atoms with van der Waals surface area (Å²) in [6, 6.07) is 26.5. The zero-order chi connectivity index (χ0) is 36.0. The van der Waals surface area contributed by atoms with Gasteiger partial charge in [0, 0.05) is 33.7 Å². The molecule has 0 aliphatic heterocycles. The monoisotopic (exact) mass is 706 g/mol. The lowest BCUT2D eigenvalue weighted by Crippen LogP contribution is -2.54. The number of thiophene rings is 1. The largest absolute Gasteiger partial charge is 0.497 e. The molecule has 4 aromatic rings. The van der Waals surface area contributed by atoms with Crippen LogP contribution in [0.2, 0.25) is 0 Å². The molecule has 8 heteroatoms. The van der Waals surface area contributed by atoms with Crippen molar-refractivity contribution in [1.82, 2.24) is 4.90 Å². The predicted octanol–water partition coefficient (Wildman–Crippen LogP) is 8.80. The first-order chi connectivity index (χ1) is 24.6. The number of ether oxygens (including phenoxy) is 1. The van der Waals surface area contributed by atoms with Crippen LogP contribution in [-0.4, -0.2) is 58.8 Å². The summed E-state index contributed by atoms with van der Waals surface area (Å²) in [6.07, 6.45) is 6.83. The lowest BCUT2D eigenvalue weighted by Gasteiger charge is -2.46. The number of allylic oxidation sites excluding steroid dienone is 2. The van der Waals surface area contributed by atoms with Gasteiger partial charge in [0.1, 0.15) is 5.75 Å². The Balaban J connectivity index is 1.39. The highest BCUT2D eigenvalue weighted by atomic mass is 32.1. The normalized spacial score (nSPS) is 23.5. The lowest BCUT2D eigenvalue weighted by atomic mass is 9.64. The number of para-hydroxylation sites is 1. The van der Waals surface area contributed by atoms with Gasteiger partial charge in [-0.2, -0.15) is 0 Å². The number of carbonyl (C=O) groups is 2. The Kier molecular flexibility index (Phi) is 11.4. The standard InChI is InChI=1S/C43H50N2O5S/c1-30-9-7-23-42(2)39(37-20-14-31(27-34(46)17-13-30)28-38(37)40(47)32-15-18-35(50-3)19-16-32)21-24-43(42,49)29-45(25-22-36-12-8-26-51-36)41(48)44-33-10-5-4-6-11-33/h4-6,8-12,14-16,18-20,26,28,34,39,46,49H,7,13,17,21-25,27,29H2,1-3H3,(H,44,48). The van der Waals surface area contributed by atoms with Crippen LogP contribution in [0.5, 0.6) is 5.75 Å². The molecule has 1 heterocycles. The van der Waals surface area contributed by atoms with E-state index in [2.05, 4.69) is 37.4 Å². The van der Waals surface area contributed by atoms with Crippen molar-refractivity contribution in [2.45, 2.75) is 82.8 Å². The van der Waals surface area contributed by atoms with E-state index in [1.54, 1.807) is 47.6 Å². The van der Waals surface area contributed by atoms with Crippen LogP contribution in [0.4, 0.5) is 10.5 Å². The van der Waals surface area contributed by atoms with Crippen LogP contribution in [0.1, 0.15) is 90.2 Å². The van der Waals surface area contributed by atoms with Gasteiger partial charge in [0.25, 0.3) is 0 Å². The minimum atomic E-state index is -1.23. The molecule has 268 valence electrons. The highest BCUT2D eigenvalue weighted by molar-refractivity contribution is 7.09. The molecule has 3 aromatic carbocycles. The molecular formula is C43H50N2O5S. The van der Waals surface area contributed by atoms with Gasteiger partial charge in [-0.15, -0.1) is 11.3 Å². The quantitative estimate of drug-likeness (QED) is 0.119. The zero-order valence-electron chi connectivity index (χ0n) is 29.9. The highest BCUT2D eigenvalue weighted by Gasteiger charge is 2.57. The highest BCUT2D eigenvalue weighted by Crippen LogP contribution is 2.59. The summed E-state index contributed by atoms with van der Waals surface area (Å²) >= 11 is 1.67. The average molecular weight is 707 g/mol. The van der Waals surface area contributed by atoms with Crippen LogP contribution in [0.25, 0.3) is 0 Å². The summed E-state index contributed by atoms with van der Waals surface area (Å²) in [6.45, 7) is 4.89. The Morgan fingerprint density at radius 1 is 1.00 bits per heavy atom. The third kappa shape index (κ3) is 8.30. The number of rotatable bonds is 9. The number of methoxy groups -OCH3 is 1. The SMILES string of the molecule is COc1ccc(C(=O)c2cc3ccc2C2CCC(O)(CN(CCc4cccs4)C(=O)Nc4ccccc4)C2(C)CCC=C(C)CCC(O)C3)cc1. The van der Waals surface area contributed by atoms with E-state index in [0.29, 0.717) is 67.6 Å². The van der Waals surface area contributed by atoms with Crippen molar-refractivity contribution in [2.24, 2.45) is 5.41 Å². The maximum atomic E-state index is 14.4. The minimum Gasteiger partial charge on any atom is -0.497 e. The third-order valence-electron chi connectivity index (χ3n) is 11.2. The van der Waals surface area contributed by atoms with Crippen molar-refractivity contribution < 1.29 is 24.5 Å². The van der Waals surface area contributed by atoms with E-state index in [-0.39, 0.29) is 24.3 Å². The number of anilines is 1. The molecule has 7 nitrogen and oxygen atoms in total. The molecule has 0 saturated heterocycles. The molecule has 1 fully saturated rings. The van der Waals surface area contributed by atoms with E-state index in [9.17, 15) is 19.8 Å². The summed E-state index contributed by atoms with van der Waals surface area (Å²) in [7, 11) is 1.60. The van der Waals surface area contributed by atoms with Crippen molar-refractivity contribution in [3.63, 3.8) is 0 Å². The number of aliphatic hydroxyl groups is 2. The topological polar surface area (TPSA) is 99.1 Å². The van der Waals surface area contributed by atoms with Gasteiger partial charge in [-0.1, -0.05) is 55.0 Å². The molecule has 2 bridgehead atoms. The molecule has 4 atom stereocenters. The van der Waals surface area contributed by atoms with Crippen LogP contribution < -0.4 is 10.1 Å². The molecule has 3 aliphatic rings. The number of benzene rings is 3. The van der Waals surface area contributed by atoms with Gasteiger partial charge in [-0.05, 0) is 129 Å². The first-order valence-corrected chi connectivity index (χ1v) is 19.0. The smallest absolute Gasteiger partial charge is 0.321 e. The molecule has 1 aromatic heterocycles. The van der Waals surface area contributed by atoms with Crippen LogP contribution in [0.15, 0.2) is 102 Å². The summed E-state index contributed by atoms with van der Waals surface area (Å²) in [5, 5.41) is 29.1. The summed E-state index contributed by atoms with van der Waals surface area (Å²) < 4.78 is 5.35. The van der Waals surface area contributed by atoms with E-state index in [4.69, 9.17) is 4.74 Å². The second kappa shape index (κ2) is 16.0. The molecule has 0 radical (unpaired) electrons. The van der Waals surface area contributed by atoms with E-state index in [0.717, 1.165) is 24.0 Å². The van der Waals surface area contributed by atoms with Gasteiger partial charge in [0.2, 0.25) is 0 Å². The van der Waals surface area contributed by atoms with Crippen molar-refractivity contribution in [1.29, 1.82) is 0 Å². The second-order valence-corrected chi connectivity index (χ2v) is 15.6. The first kappa shape index (κ1) is 36.5. The number of hydrogen-bond donors (Lipinski definition) is 3. The fraction of sp³-hybridized carbons (Fsp3) is 0.395. The molecule has 0 spiro atoms. The van der Waals surface area contributed by atoms with E-state index < -0.39 is 17.1 Å². The van der Waals surface area contributed by atoms with E-state index in [1.807, 2.05) is 53.9 Å². The number of carbonyl (C=O) groups excluding carboxylic acids is 2. The van der Waals surface area contributed by atoms with E-state index >= 15 is 0 Å². The fourth-order valence-electron chi connectivity index (χ4n) is 8.09. The Hall–Kier alpha value is -4.24. The maximum Gasteiger partial charge on any atom is 0.321 e. The van der Waals surface area contributed by atoms with Crippen molar-refractivity contribution in [2.75, 3.05) is 25.5 Å². The summed E-state index contributed by atoms with van der Waals surface area (Å²) in [4.78, 5) is 31.3. The van der Waals surface area contributed by atoms with Crippen LogP contribution in [0, 0.1) is 5.41 Å². The average Bonchev–Trinajstić information content (AvgIpc) is 3.75. The van der Waals surface area contributed by atoms with Gasteiger partial charge in [-0.25, -0.2) is 4.79 Å².